The molecule has 1 aliphatic rings. The maximum atomic E-state index is 12.7. The second-order valence-electron chi connectivity index (χ2n) is 5.97. The van der Waals surface area contributed by atoms with Crippen molar-refractivity contribution in [1.82, 2.24) is 20.1 Å². The third-order valence-corrected chi connectivity index (χ3v) is 4.34. The summed E-state index contributed by atoms with van der Waals surface area (Å²) < 4.78 is 10.8. The molecule has 3 aromatic rings. The SMILES string of the molecule is COc1ccc(O[C@H]2CCN(C(=O)c3ccc4[nH]ccc4c3)C2)nn1. The Labute approximate surface area is 144 Å². The van der Waals surface area contributed by atoms with E-state index in [-0.39, 0.29) is 12.0 Å². The number of H-pyrrole nitrogens is 1. The Morgan fingerprint density at radius 3 is 2.84 bits per heavy atom. The number of aromatic amines is 1. The molecule has 4 rings (SSSR count). The number of rotatable bonds is 4. The summed E-state index contributed by atoms with van der Waals surface area (Å²) >= 11 is 0. The lowest BCUT2D eigenvalue weighted by molar-refractivity contribution is 0.0771. The van der Waals surface area contributed by atoms with E-state index in [1.165, 1.54) is 7.11 Å². The van der Waals surface area contributed by atoms with E-state index in [4.69, 9.17) is 9.47 Å². The lowest BCUT2D eigenvalue weighted by Gasteiger charge is -2.17. The van der Waals surface area contributed by atoms with Crippen LogP contribution >= 0.6 is 0 Å². The Morgan fingerprint density at radius 1 is 1.20 bits per heavy atom. The molecule has 1 N–H and O–H groups in total. The highest BCUT2D eigenvalue weighted by Crippen LogP contribution is 2.21. The second kappa shape index (κ2) is 6.43. The zero-order valence-corrected chi connectivity index (χ0v) is 13.8. The average molecular weight is 338 g/mol. The zero-order valence-electron chi connectivity index (χ0n) is 13.8. The van der Waals surface area contributed by atoms with Gasteiger partial charge in [0.25, 0.3) is 5.91 Å². The summed E-state index contributed by atoms with van der Waals surface area (Å²) in [5.41, 5.74) is 1.72. The molecule has 1 saturated heterocycles. The fraction of sp³-hybridized carbons (Fsp3) is 0.278. The smallest absolute Gasteiger partial charge is 0.254 e. The van der Waals surface area contributed by atoms with Crippen molar-refractivity contribution in [2.24, 2.45) is 0 Å². The van der Waals surface area contributed by atoms with Gasteiger partial charge in [-0.25, -0.2) is 0 Å². The molecule has 128 valence electrons. The number of carbonyl (C=O) groups is 1. The number of likely N-dealkylation sites (tertiary alicyclic amines) is 1. The number of hydrogen-bond donors (Lipinski definition) is 1. The molecule has 1 fully saturated rings. The highest BCUT2D eigenvalue weighted by Gasteiger charge is 2.28. The lowest BCUT2D eigenvalue weighted by atomic mass is 10.1. The quantitative estimate of drug-likeness (QED) is 0.789. The number of carbonyl (C=O) groups excluding carboxylic acids is 1. The largest absolute Gasteiger partial charge is 0.480 e. The second-order valence-corrected chi connectivity index (χ2v) is 5.97. The fourth-order valence-electron chi connectivity index (χ4n) is 3.03. The van der Waals surface area contributed by atoms with Gasteiger partial charge >= 0.3 is 0 Å². The molecule has 3 heterocycles. The van der Waals surface area contributed by atoms with E-state index in [9.17, 15) is 4.79 Å². The van der Waals surface area contributed by atoms with Gasteiger partial charge in [-0.2, -0.15) is 0 Å². The predicted molar refractivity (Wildman–Crippen MR) is 91.8 cm³/mol. The minimum atomic E-state index is -0.0809. The number of ether oxygens (including phenoxy) is 2. The van der Waals surface area contributed by atoms with Crippen LogP contribution in [0.3, 0.4) is 0 Å². The van der Waals surface area contributed by atoms with Gasteiger partial charge in [0.05, 0.1) is 13.7 Å². The van der Waals surface area contributed by atoms with Crippen LogP contribution in [-0.4, -0.2) is 52.3 Å². The van der Waals surface area contributed by atoms with E-state index in [2.05, 4.69) is 15.2 Å². The van der Waals surface area contributed by atoms with Crippen molar-refractivity contribution >= 4 is 16.8 Å². The van der Waals surface area contributed by atoms with E-state index in [0.717, 1.165) is 17.3 Å². The molecule has 0 radical (unpaired) electrons. The number of nitrogens with one attached hydrogen (secondary N) is 1. The van der Waals surface area contributed by atoms with E-state index >= 15 is 0 Å². The topological polar surface area (TPSA) is 80.3 Å². The highest BCUT2D eigenvalue weighted by atomic mass is 16.5. The van der Waals surface area contributed by atoms with Gasteiger partial charge in [0, 0.05) is 47.8 Å². The van der Waals surface area contributed by atoms with Gasteiger partial charge in [0.15, 0.2) is 0 Å². The number of amides is 1. The van der Waals surface area contributed by atoms with Gasteiger partial charge < -0.3 is 19.4 Å². The summed E-state index contributed by atoms with van der Waals surface area (Å²) in [4.78, 5) is 17.7. The van der Waals surface area contributed by atoms with Gasteiger partial charge in [-0.1, -0.05) is 0 Å². The number of benzene rings is 1. The van der Waals surface area contributed by atoms with E-state index in [0.29, 0.717) is 30.4 Å². The number of nitrogens with zero attached hydrogens (tertiary/aromatic N) is 3. The van der Waals surface area contributed by atoms with Gasteiger partial charge in [-0.15, -0.1) is 10.2 Å². The number of methoxy groups -OCH3 is 1. The Balaban J connectivity index is 1.41. The molecule has 0 spiro atoms. The first kappa shape index (κ1) is 15.4. The van der Waals surface area contributed by atoms with Crippen LogP contribution in [0.25, 0.3) is 10.9 Å². The van der Waals surface area contributed by atoms with Crippen LogP contribution in [0.15, 0.2) is 42.6 Å². The third kappa shape index (κ3) is 3.13. The monoisotopic (exact) mass is 338 g/mol. The summed E-state index contributed by atoms with van der Waals surface area (Å²) in [6.45, 7) is 1.20. The Bertz CT molecular complexity index is 891. The predicted octanol–water partition coefficient (Wildman–Crippen LogP) is 2.26. The summed E-state index contributed by atoms with van der Waals surface area (Å²) in [7, 11) is 1.54. The van der Waals surface area contributed by atoms with Crippen molar-refractivity contribution in [3.05, 3.63) is 48.2 Å². The molecule has 1 aromatic carbocycles. The maximum absolute atomic E-state index is 12.7. The Hall–Kier alpha value is -3.09. The van der Waals surface area contributed by atoms with Crippen molar-refractivity contribution in [2.45, 2.75) is 12.5 Å². The fourth-order valence-corrected chi connectivity index (χ4v) is 3.03. The van der Waals surface area contributed by atoms with Crippen molar-refractivity contribution in [3.8, 4) is 11.8 Å². The number of aromatic nitrogens is 3. The van der Waals surface area contributed by atoms with E-state index in [1.807, 2.05) is 35.4 Å². The van der Waals surface area contributed by atoms with Crippen LogP contribution in [0.4, 0.5) is 0 Å². The van der Waals surface area contributed by atoms with E-state index in [1.54, 1.807) is 12.1 Å². The first-order chi connectivity index (χ1) is 12.2. The van der Waals surface area contributed by atoms with Crippen LogP contribution in [0.2, 0.25) is 0 Å². The number of hydrogen-bond acceptors (Lipinski definition) is 5. The molecule has 0 unspecified atom stereocenters. The molecule has 7 heteroatoms. The maximum Gasteiger partial charge on any atom is 0.254 e. The minimum Gasteiger partial charge on any atom is -0.480 e. The molecule has 0 saturated carbocycles. The normalized spacial score (nSPS) is 17.0. The molecule has 0 bridgehead atoms. The summed E-state index contributed by atoms with van der Waals surface area (Å²) in [5, 5.41) is 8.88. The Kier molecular flexibility index (Phi) is 3.97. The molecular formula is C18H18N4O3. The van der Waals surface area contributed by atoms with Crippen molar-refractivity contribution in [1.29, 1.82) is 0 Å². The van der Waals surface area contributed by atoms with Crippen LogP contribution in [-0.2, 0) is 0 Å². The first-order valence-corrected chi connectivity index (χ1v) is 8.14. The van der Waals surface area contributed by atoms with Crippen LogP contribution in [0.5, 0.6) is 11.8 Å². The molecular weight excluding hydrogens is 320 g/mol. The molecule has 1 atom stereocenters. The number of fused-ring (bicyclic) bond motifs is 1. The Morgan fingerprint density at radius 2 is 2.04 bits per heavy atom. The molecule has 7 nitrogen and oxygen atoms in total. The molecule has 1 amide bonds. The average Bonchev–Trinajstić information content (AvgIpc) is 3.30. The van der Waals surface area contributed by atoms with Crippen molar-refractivity contribution in [3.63, 3.8) is 0 Å². The van der Waals surface area contributed by atoms with Crippen molar-refractivity contribution in [2.75, 3.05) is 20.2 Å². The van der Waals surface area contributed by atoms with E-state index < -0.39 is 0 Å². The third-order valence-electron chi connectivity index (χ3n) is 4.34. The zero-order chi connectivity index (χ0) is 17.2. The van der Waals surface area contributed by atoms with Gasteiger partial charge in [-0.3, -0.25) is 4.79 Å². The molecule has 1 aliphatic heterocycles. The summed E-state index contributed by atoms with van der Waals surface area (Å²) in [5.74, 6) is 0.902. The van der Waals surface area contributed by atoms with Crippen LogP contribution in [0, 0.1) is 0 Å². The van der Waals surface area contributed by atoms with Crippen LogP contribution in [0.1, 0.15) is 16.8 Å². The van der Waals surface area contributed by atoms with Crippen molar-refractivity contribution < 1.29 is 14.3 Å². The van der Waals surface area contributed by atoms with Gasteiger partial charge in [0.1, 0.15) is 6.10 Å². The van der Waals surface area contributed by atoms with Gasteiger partial charge in [0.2, 0.25) is 11.8 Å². The lowest BCUT2D eigenvalue weighted by Crippen LogP contribution is -2.31. The van der Waals surface area contributed by atoms with Gasteiger partial charge in [-0.05, 0) is 24.3 Å². The van der Waals surface area contributed by atoms with Crippen LogP contribution < -0.4 is 9.47 Å². The highest BCUT2D eigenvalue weighted by molar-refractivity contribution is 5.98. The first-order valence-electron chi connectivity index (χ1n) is 8.14. The summed E-state index contributed by atoms with van der Waals surface area (Å²) in [6.07, 6.45) is 2.56. The minimum absolute atomic E-state index is 0.0232. The standard InChI is InChI=1S/C18H18N4O3/c1-24-16-4-5-17(21-20-16)25-14-7-9-22(11-14)18(23)13-2-3-15-12(10-13)6-8-19-15/h2-6,8,10,14,19H,7,9,11H2,1H3/t14-/m0/s1. The molecule has 25 heavy (non-hydrogen) atoms. The summed E-state index contributed by atoms with van der Waals surface area (Å²) in [6, 6.07) is 11.1. The molecule has 0 aliphatic carbocycles. The molecule has 2 aromatic heterocycles.